The standard InChI is InChI=1S/C17H25N3O2/c1-17(11-5-2-6-12-17)19-14(21)9-10-15-18-16(20-22-15)13-7-3-4-8-13/h2,5,13H,3-4,6-12H2,1H3,(H,19,21)/t17-/m1/s1. The highest BCUT2D eigenvalue weighted by atomic mass is 16.5. The number of carbonyl (C=O) groups excluding carboxylic acids is 1. The number of aryl methyl sites for hydroxylation is 1. The van der Waals surface area contributed by atoms with Gasteiger partial charge in [-0.25, -0.2) is 0 Å². The molecule has 120 valence electrons. The number of hydrogen-bond donors (Lipinski definition) is 1. The van der Waals surface area contributed by atoms with Crippen molar-refractivity contribution in [3.8, 4) is 0 Å². The topological polar surface area (TPSA) is 68.0 Å². The summed E-state index contributed by atoms with van der Waals surface area (Å²) in [7, 11) is 0. The first-order valence-electron chi connectivity index (χ1n) is 8.43. The molecule has 1 atom stereocenters. The van der Waals surface area contributed by atoms with Crippen LogP contribution in [0.5, 0.6) is 0 Å². The molecule has 0 saturated heterocycles. The first-order valence-corrected chi connectivity index (χ1v) is 8.43. The summed E-state index contributed by atoms with van der Waals surface area (Å²) in [4.78, 5) is 16.6. The van der Waals surface area contributed by atoms with Crippen LogP contribution in [0.2, 0.25) is 0 Å². The summed E-state index contributed by atoms with van der Waals surface area (Å²) in [5.41, 5.74) is -0.102. The van der Waals surface area contributed by atoms with Gasteiger partial charge in [0, 0.05) is 24.3 Å². The molecule has 1 aromatic rings. The molecule has 0 aromatic carbocycles. The van der Waals surface area contributed by atoms with E-state index in [4.69, 9.17) is 4.52 Å². The molecule has 1 N–H and O–H groups in total. The Kier molecular flexibility index (Phi) is 4.60. The van der Waals surface area contributed by atoms with E-state index in [0.717, 1.165) is 37.9 Å². The second-order valence-electron chi connectivity index (χ2n) is 6.85. The lowest BCUT2D eigenvalue weighted by atomic mass is 9.87. The zero-order valence-electron chi connectivity index (χ0n) is 13.3. The summed E-state index contributed by atoms with van der Waals surface area (Å²) in [6.07, 6.45) is 13.0. The maximum atomic E-state index is 12.1. The minimum Gasteiger partial charge on any atom is -0.351 e. The molecule has 0 unspecified atom stereocenters. The van der Waals surface area contributed by atoms with E-state index in [0.29, 0.717) is 24.7 Å². The number of nitrogens with one attached hydrogen (secondary N) is 1. The van der Waals surface area contributed by atoms with E-state index in [1.165, 1.54) is 12.8 Å². The van der Waals surface area contributed by atoms with Crippen LogP contribution >= 0.6 is 0 Å². The van der Waals surface area contributed by atoms with Gasteiger partial charge in [0.2, 0.25) is 11.8 Å². The molecule has 1 amide bonds. The Morgan fingerprint density at radius 2 is 2.23 bits per heavy atom. The summed E-state index contributed by atoms with van der Waals surface area (Å²) in [5.74, 6) is 1.95. The van der Waals surface area contributed by atoms with E-state index in [9.17, 15) is 4.79 Å². The molecule has 1 aromatic heterocycles. The maximum absolute atomic E-state index is 12.1. The van der Waals surface area contributed by atoms with E-state index in [1.54, 1.807) is 0 Å². The first-order chi connectivity index (χ1) is 10.6. The molecule has 0 radical (unpaired) electrons. The van der Waals surface area contributed by atoms with Gasteiger partial charge in [-0.2, -0.15) is 4.98 Å². The Bertz CT molecular complexity index is 546. The van der Waals surface area contributed by atoms with Crippen molar-refractivity contribution >= 4 is 5.91 Å². The first kappa shape index (κ1) is 15.3. The normalized spacial score (nSPS) is 25.5. The van der Waals surface area contributed by atoms with Gasteiger partial charge < -0.3 is 9.84 Å². The van der Waals surface area contributed by atoms with Crippen molar-refractivity contribution in [1.82, 2.24) is 15.5 Å². The Morgan fingerprint density at radius 1 is 1.41 bits per heavy atom. The number of hydrogen-bond acceptors (Lipinski definition) is 4. The van der Waals surface area contributed by atoms with Crippen molar-refractivity contribution in [2.24, 2.45) is 0 Å². The number of aromatic nitrogens is 2. The Labute approximate surface area is 131 Å². The average Bonchev–Trinajstić information content (AvgIpc) is 3.16. The van der Waals surface area contributed by atoms with Gasteiger partial charge in [0.1, 0.15) is 0 Å². The van der Waals surface area contributed by atoms with Crippen LogP contribution < -0.4 is 5.32 Å². The molecule has 5 heteroatoms. The molecular formula is C17H25N3O2. The average molecular weight is 303 g/mol. The lowest BCUT2D eigenvalue weighted by molar-refractivity contribution is -0.123. The van der Waals surface area contributed by atoms with E-state index < -0.39 is 0 Å². The van der Waals surface area contributed by atoms with Gasteiger partial charge in [-0.15, -0.1) is 0 Å². The van der Waals surface area contributed by atoms with Gasteiger partial charge in [0.25, 0.3) is 0 Å². The van der Waals surface area contributed by atoms with E-state index >= 15 is 0 Å². The maximum Gasteiger partial charge on any atom is 0.227 e. The number of nitrogens with zero attached hydrogens (tertiary/aromatic N) is 2. The van der Waals surface area contributed by atoms with E-state index in [-0.39, 0.29) is 11.4 Å². The van der Waals surface area contributed by atoms with Gasteiger partial charge in [-0.3, -0.25) is 4.79 Å². The molecular weight excluding hydrogens is 278 g/mol. The predicted molar refractivity (Wildman–Crippen MR) is 83.4 cm³/mol. The van der Waals surface area contributed by atoms with Crippen molar-refractivity contribution in [3.63, 3.8) is 0 Å². The molecule has 0 spiro atoms. The minimum atomic E-state index is -0.102. The second-order valence-corrected chi connectivity index (χ2v) is 6.85. The molecule has 22 heavy (non-hydrogen) atoms. The summed E-state index contributed by atoms with van der Waals surface area (Å²) in [5, 5.41) is 7.23. The fraction of sp³-hybridized carbons (Fsp3) is 0.706. The number of amides is 1. The van der Waals surface area contributed by atoms with Crippen LogP contribution in [0.4, 0.5) is 0 Å². The van der Waals surface area contributed by atoms with Gasteiger partial charge in [0.05, 0.1) is 0 Å². The molecule has 3 rings (SSSR count). The highest BCUT2D eigenvalue weighted by Gasteiger charge is 2.26. The molecule has 1 heterocycles. The van der Waals surface area contributed by atoms with Crippen molar-refractivity contribution < 1.29 is 9.32 Å². The number of carbonyl (C=O) groups is 1. The Balaban J connectivity index is 1.47. The van der Waals surface area contributed by atoms with Crippen LogP contribution in [0.1, 0.15) is 75.9 Å². The zero-order chi connectivity index (χ0) is 15.4. The summed E-state index contributed by atoms with van der Waals surface area (Å²) >= 11 is 0. The lowest BCUT2D eigenvalue weighted by Crippen LogP contribution is -2.46. The molecule has 1 saturated carbocycles. The lowest BCUT2D eigenvalue weighted by Gasteiger charge is -2.31. The van der Waals surface area contributed by atoms with Crippen LogP contribution in [0.25, 0.3) is 0 Å². The van der Waals surface area contributed by atoms with Gasteiger partial charge in [0.15, 0.2) is 5.82 Å². The van der Waals surface area contributed by atoms with Crippen LogP contribution in [0.3, 0.4) is 0 Å². The fourth-order valence-electron chi connectivity index (χ4n) is 3.42. The predicted octanol–water partition coefficient (Wildman–Crippen LogP) is 3.27. The van der Waals surface area contributed by atoms with Crippen LogP contribution in [0, 0.1) is 0 Å². The highest BCUT2D eigenvalue weighted by molar-refractivity contribution is 5.76. The Morgan fingerprint density at radius 3 is 2.95 bits per heavy atom. The van der Waals surface area contributed by atoms with E-state index in [2.05, 4.69) is 34.5 Å². The van der Waals surface area contributed by atoms with Crippen LogP contribution in [-0.4, -0.2) is 21.6 Å². The van der Waals surface area contributed by atoms with Gasteiger partial charge >= 0.3 is 0 Å². The van der Waals surface area contributed by atoms with Crippen molar-refractivity contribution in [2.45, 2.75) is 76.2 Å². The molecule has 0 aliphatic heterocycles. The van der Waals surface area contributed by atoms with Gasteiger partial charge in [-0.05, 0) is 39.0 Å². The van der Waals surface area contributed by atoms with Gasteiger partial charge in [-0.1, -0.05) is 30.2 Å². The molecule has 1 fully saturated rings. The van der Waals surface area contributed by atoms with Crippen LogP contribution in [0.15, 0.2) is 16.7 Å². The van der Waals surface area contributed by atoms with Crippen LogP contribution in [-0.2, 0) is 11.2 Å². The summed E-state index contributed by atoms with van der Waals surface area (Å²) < 4.78 is 5.29. The van der Waals surface area contributed by atoms with Crippen molar-refractivity contribution in [1.29, 1.82) is 0 Å². The van der Waals surface area contributed by atoms with Crippen molar-refractivity contribution in [3.05, 3.63) is 23.9 Å². The van der Waals surface area contributed by atoms with E-state index in [1.807, 2.05) is 0 Å². The molecule has 0 bridgehead atoms. The summed E-state index contributed by atoms with van der Waals surface area (Å²) in [6, 6.07) is 0. The SMILES string of the molecule is C[C@@]1(NC(=O)CCc2nc(C3CCCC3)no2)CC=CCC1. The highest BCUT2D eigenvalue weighted by Crippen LogP contribution is 2.32. The second kappa shape index (κ2) is 6.63. The molecule has 5 nitrogen and oxygen atoms in total. The molecule has 2 aliphatic carbocycles. The quantitative estimate of drug-likeness (QED) is 0.848. The minimum absolute atomic E-state index is 0.0680. The Hall–Kier alpha value is -1.65. The third-order valence-electron chi connectivity index (χ3n) is 4.81. The molecule has 2 aliphatic rings. The zero-order valence-corrected chi connectivity index (χ0v) is 13.3. The summed E-state index contributed by atoms with van der Waals surface area (Å²) in [6.45, 7) is 2.11. The third kappa shape index (κ3) is 3.76. The third-order valence-corrected chi connectivity index (χ3v) is 4.81. The number of rotatable bonds is 5. The number of allylic oxidation sites excluding steroid dienone is 1. The monoisotopic (exact) mass is 303 g/mol. The smallest absolute Gasteiger partial charge is 0.227 e. The van der Waals surface area contributed by atoms with Crippen molar-refractivity contribution in [2.75, 3.05) is 0 Å². The largest absolute Gasteiger partial charge is 0.351 e. The fourth-order valence-corrected chi connectivity index (χ4v) is 3.42.